The molecule has 4 N–H and O–H groups in total. The summed E-state index contributed by atoms with van der Waals surface area (Å²) in [6.45, 7) is 7.35. The number of primary amides is 2. The standard InChI is InChI=1S/C26H33N3O2/c1-18-17-29(12-10-25(18,2)22-9-5-8-19(14-22)23(27)30)13-11-26(24(28)31)15-20-6-3-4-7-21(20)16-26/h3-9,14,18H,10-13,15-17H2,1-2H3,(H2,27,30)(H2,28,31)/t18-,25+/m0/s1. The van der Waals surface area contributed by atoms with Crippen LogP contribution in [0.15, 0.2) is 48.5 Å². The van der Waals surface area contributed by atoms with Crippen molar-refractivity contribution in [3.8, 4) is 0 Å². The Bertz CT molecular complexity index is 977. The number of likely N-dealkylation sites (tertiary alicyclic amines) is 1. The number of benzene rings is 2. The Labute approximate surface area is 184 Å². The minimum absolute atomic E-state index is 0.00702. The molecule has 1 saturated heterocycles. The van der Waals surface area contributed by atoms with Crippen molar-refractivity contribution in [1.82, 2.24) is 4.90 Å². The maximum Gasteiger partial charge on any atom is 0.248 e. The molecule has 0 aromatic heterocycles. The monoisotopic (exact) mass is 419 g/mol. The van der Waals surface area contributed by atoms with E-state index in [0.717, 1.165) is 45.3 Å². The minimum Gasteiger partial charge on any atom is -0.369 e. The van der Waals surface area contributed by atoms with E-state index in [1.165, 1.54) is 16.7 Å². The van der Waals surface area contributed by atoms with E-state index in [-0.39, 0.29) is 17.2 Å². The molecule has 2 aliphatic rings. The Balaban J connectivity index is 1.43. The first-order chi connectivity index (χ1) is 14.7. The highest BCUT2D eigenvalue weighted by Gasteiger charge is 2.43. The number of nitrogens with two attached hydrogens (primary N) is 2. The van der Waals surface area contributed by atoms with Gasteiger partial charge in [-0.15, -0.1) is 0 Å². The van der Waals surface area contributed by atoms with Gasteiger partial charge in [-0.05, 0) is 78.9 Å². The van der Waals surface area contributed by atoms with E-state index in [4.69, 9.17) is 11.5 Å². The molecule has 5 heteroatoms. The summed E-state index contributed by atoms with van der Waals surface area (Å²) >= 11 is 0. The molecule has 0 radical (unpaired) electrons. The third kappa shape index (κ3) is 3.99. The molecule has 2 aromatic carbocycles. The molecule has 2 aromatic rings. The number of carbonyl (C=O) groups is 2. The lowest BCUT2D eigenvalue weighted by atomic mass is 9.67. The smallest absolute Gasteiger partial charge is 0.248 e. The van der Waals surface area contributed by atoms with Crippen LogP contribution in [0.1, 0.15) is 53.7 Å². The highest BCUT2D eigenvalue weighted by molar-refractivity contribution is 5.93. The molecule has 0 unspecified atom stereocenters. The molecule has 0 saturated carbocycles. The molecule has 164 valence electrons. The van der Waals surface area contributed by atoms with Gasteiger partial charge in [0.25, 0.3) is 0 Å². The van der Waals surface area contributed by atoms with E-state index in [1.54, 1.807) is 6.07 Å². The van der Waals surface area contributed by atoms with Gasteiger partial charge in [-0.3, -0.25) is 9.59 Å². The van der Waals surface area contributed by atoms with Gasteiger partial charge in [-0.25, -0.2) is 0 Å². The predicted molar refractivity (Wildman–Crippen MR) is 123 cm³/mol. The van der Waals surface area contributed by atoms with E-state index in [0.29, 0.717) is 11.5 Å². The normalized spacial score (nSPS) is 25.2. The number of piperidine rings is 1. The lowest BCUT2D eigenvalue weighted by Crippen LogP contribution is -2.49. The lowest BCUT2D eigenvalue weighted by Gasteiger charge is -2.45. The lowest BCUT2D eigenvalue weighted by molar-refractivity contribution is -0.128. The van der Waals surface area contributed by atoms with Gasteiger partial charge < -0.3 is 16.4 Å². The van der Waals surface area contributed by atoms with Crippen LogP contribution < -0.4 is 11.5 Å². The van der Waals surface area contributed by atoms with Crippen molar-refractivity contribution in [1.29, 1.82) is 0 Å². The van der Waals surface area contributed by atoms with Gasteiger partial charge in [-0.2, -0.15) is 0 Å². The molecule has 2 atom stereocenters. The average molecular weight is 420 g/mol. The second-order valence-corrected chi connectivity index (χ2v) is 9.83. The Hall–Kier alpha value is -2.66. The van der Waals surface area contributed by atoms with Crippen molar-refractivity contribution in [2.75, 3.05) is 19.6 Å². The van der Waals surface area contributed by atoms with Crippen molar-refractivity contribution in [2.45, 2.75) is 44.9 Å². The number of fused-ring (bicyclic) bond motifs is 1. The van der Waals surface area contributed by atoms with Crippen LogP contribution in [0, 0.1) is 11.3 Å². The first-order valence-corrected chi connectivity index (χ1v) is 11.2. The molecule has 0 spiro atoms. The number of rotatable bonds is 6. The molecule has 4 rings (SSSR count). The van der Waals surface area contributed by atoms with E-state index in [9.17, 15) is 9.59 Å². The highest BCUT2D eigenvalue weighted by atomic mass is 16.1. The zero-order valence-electron chi connectivity index (χ0n) is 18.6. The maximum absolute atomic E-state index is 12.5. The number of hydrogen-bond donors (Lipinski definition) is 2. The van der Waals surface area contributed by atoms with Gasteiger partial charge in [-0.1, -0.05) is 50.2 Å². The first-order valence-electron chi connectivity index (χ1n) is 11.2. The fourth-order valence-electron chi connectivity index (χ4n) is 5.52. The molecule has 1 heterocycles. The van der Waals surface area contributed by atoms with E-state index >= 15 is 0 Å². The number of amides is 2. The van der Waals surface area contributed by atoms with Gasteiger partial charge in [0, 0.05) is 12.1 Å². The summed E-state index contributed by atoms with van der Waals surface area (Å²) in [7, 11) is 0. The largest absolute Gasteiger partial charge is 0.369 e. The zero-order chi connectivity index (χ0) is 22.2. The highest BCUT2D eigenvalue weighted by Crippen LogP contribution is 2.42. The molecule has 31 heavy (non-hydrogen) atoms. The molecular formula is C26H33N3O2. The van der Waals surface area contributed by atoms with Crippen LogP contribution in [0.3, 0.4) is 0 Å². The molecular weight excluding hydrogens is 386 g/mol. The van der Waals surface area contributed by atoms with Crippen LogP contribution in [0.2, 0.25) is 0 Å². The van der Waals surface area contributed by atoms with Crippen LogP contribution in [-0.2, 0) is 23.1 Å². The molecule has 5 nitrogen and oxygen atoms in total. The summed E-state index contributed by atoms with van der Waals surface area (Å²) in [5.74, 6) is -0.151. The Kier molecular flexibility index (Phi) is 5.65. The Morgan fingerprint density at radius 1 is 1.06 bits per heavy atom. The maximum atomic E-state index is 12.5. The summed E-state index contributed by atoms with van der Waals surface area (Å²) in [4.78, 5) is 26.6. The average Bonchev–Trinajstić information content (AvgIpc) is 3.15. The Morgan fingerprint density at radius 2 is 1.74 bits per heavy atom. The SMILES string of the molecule is C[C@H]1CN(CCC2(C(N)=O)Cc3ccccc3C2)CC[C@@]1(C)c1cccc(C(N)=O)c1. The quantitative estimate of drug-likeness (QED) is 0.754. The van der Waals surface area contributed by atoms with Crippen molar-refractivity contribution in [2.24, 2.45) is 22.8 Å². The van der Waals surface area contributed by atoms with E-state index < -0.39 is 5.41 Å². The third-order valence-electron chi connectivity index (χ3n) is 7.98. The van der Waals surface area contributed by atoms with Gasteiger partial charge in [0.2, 0.25) is 11.8 Å². The number of nitrogens with zero attached hydrogens (tertiary/aromatic N) is 1. The number of hydrogen-bond acceptors (Lipinski definition) is 3. The molecule has 1 fully saturated rings. The molecule has 2 amide bonds. The summed E-state index contributed by atoms with van der Waals surface area (Å²) in [6.07, 6.45) is 3.29. The summed E-state index contributed by atoms with van der Waals surface area (Å²) < 4.78 is 0. The third-order valence-corrected chi connectivity index (χ3v) is 7.98. The second kappa shape index (κ2) is 8.12. The van der Waals surface area contributed by atoms with E-state index in [1.807, 2.05) is 24.3 Å². The molecule has 0 bridgehead atoms. The van der Waals surface area contributed by atoms with Crippen molar-refractivity contribution < 1.29 is 9.59 Å². The fraction of sp³-hybridized carbons (Fsp3) is 0.462. The topological polar surface area (TPSA) is 89.4 Å². The van der Waals surface area contributed by atoms with Crippen LogP contribution in [0.25, 0.3) is 0 Å². The van der Waals surface area contributed by atoms with Gasteiger partial charge in [0.15, 0.2) is 0 Å². The molecule has 1 aliphatic carbocycles. The predicted octanol–water partition coefficient (Wildman–Crippen LogP) is 3.05. The van der Waals surface area contributed by atoms with Crippen LogP contribution in [-0.4, -0.2) is 36.3 Å². The minimum atomic E-state index is -0.469. The van der Waals surface area contributed by atoms with Crippen LogP contribution in [0.5, 0.6) is 0 Å². The van der Waals surface area contributed by atoms with E-state index in [2.05, 4.69) is 36.9 Å². The van der Waals surface area contributed by atoms with Gasteiger partial charge in [0.05, 0.1) is 5.41 Å². The summed E-state index contributed by atoms with van der Waals surface area (Å²) in [5.41, 5.74) is 15.2. The Morgan fingerprint density at radius 3 is 2.32 bits per heavy atom. The summed E-state index contributed by atoms with van der Waals surface area (Å²) in [5, 5.41) is 0. The molecule has 1 aliphatic heterocycles. The van der Waals surface area contributed by atoms with Gasteiger partial charge in [0.1, 0.15) is 0 Å². The number of carbonyl (C=O) groups excluding carboxylic acids is 2. The summed E-state index contributed by atoms with van der Waals surface area (Å²) in [6, 6.07) is 16.1. The van der Waals surface area contributed by atoms with Crippen LogP contribution in [0.4, 0.5) is 0 Å². The van der Waals surface area contributed by atoms with Crippen molar-refractivity contribution >= 4 is 11.8 Å². The van der Waals surface area contributed by atoms with Crippen LogP contribution >= 0.6 is 0 Å². The van der Waals surface area contributed by atoms with Gasteiger partial charge >= 0.3 is 0 Å². The van der Waals surface area contributed by atoms with Crippen molar-refractivity contribution in [3.05, 3.63) is 70.8 Å². The van der Waals surface area contributed by atoms with Crippen molar-refractivity contribution in [3.63, 3.8) is 0 Å². The second-order valence-electron chi connectivity index (χ2n) is 9.83. The first kappa shape index (κ1) is 21.6. The fourth-order valence-corrected chi connectivity index (χ4v) is 5.52. The zero-order valence-corrected chi connectivity index (χ0v) is 18.6.